The van der Waals surface area contributed by atoms with Gasteiger partial charge in [-0.2, -0.15) is 0 Å². The molecule has 1 heteroatoms. The fraction of sp³-hybridized carbons (Fsp3) is 1.00. The Morgan fingerprint density at radius 2 is 2.10 bits per heavy atom. The normalized spacial score (nSPS) is 24.3. The third-order valence-electron chi connectivity index (χ3n) is 2.33. The van der Waals surface area contributed by atoms with Crippen molar-refractivity contribution in [3.05, 3.63) is 0 Å². The number of hydrogen-bond acceptors (Lipinski definition) is 1. The van der Waals surface area contributed by atoms with Gasteiger partial charge in [0.25, 0.3) is 0 Å². The van der Waals surface area contributed by atoms with E-state index >= 15 is 0 Å². The number of unbranched alkanes of at least 4 members (excludes halogenated alkanes) is 3. The molecule has 1 fully saturated rings. The van der Waals surface area contributed by atoms with Crippen LogP contribution in [0.25, 0.3) is 0 Å². The Morgan fingerprint density at radius 3 is 2.60 bits per heavy atom. The summed E-state index contributed by atoms with van der Waals surface area (Å²) in [5.41, 5.74) is 0. The molecule has 0 aliphatic carbocycles. The van der Waals surface area contributed by atoms with E-state index in [0.29, 0.717) is 0 Å². The first-order valence-corrected chi connectivity index (χ1v) is 4.67. The molecule has 60 valence electrons. The van der Waals surface area contributed by atoms with E-state index in [-0.39, 0.29) is 0 Å². The van der Waals surface area contributed by atoms with Gasteiger partial charge in [-0.15, -0.1) is 0 Å². The highest BCUT2D eigenvalue weighted by Gasteiger charge is 2.14. The fourth-order valence-corrected chi connectivity index (χ4v) is 1.41. The summed E-state index contributed by atoms with van der Waals surface area (Å²) in [6.45, 7) is 3.53. The molecule has 0 aromatic heterocycles. The van der Waals surface area contributed by atoms with E-state index in [1.165, 1.54) is 45.1 Å². The first kappa shape index (κ1) is 8.06. The summed E-state index contributed by atoms with van der Waals surface area (Å²) in [5.74, 6) is 0. The van der Waals surface area contributed by atoms with Crippen LogP contribution in [-0.4, -0.2) is 12.6 Å². The van der Waals surface area contributed by atoms with Gasteiger partial charge < -0.3 is 5.32 Å². The quantitative estimate of drug-likeness (QED) is 0.579. The van der Waals surface area contributed by atoms with Crippen LogP contribution in [0, 0.1) is 0 Å². The third kappa shape index (κ3) is 2.70. The maximum atomic E-state index is 3.42. The Bertz CT molecular complexity index is 76.8. The van der Waals surface area contributed by atoms with Crippen molar-refractivity contribution in [2.24, 2.45) is 0 Å². The van der Waals surface area contributed by atoms with E-state index in [0.717, 1.165) is 6.04 Å². The molecule has 1 N–H and O–H groups in total. The molecule has 1 heterocycles. The van der Waals surface area contributed by atoms with Gasteiger partial charge in [-0.3, -0.25) is 0 Å². The smallest absolute Gasteiger partial charge is 0.00791 e. The lowest BCUT2D eigenvalue weighted by Gasteiger charge is -2.27. The summed E-state index contributed by atoms with van der Waals surface area (Å²) in [5, 5.41) is 3.42. The summed E-state index contributed by atoms with van der Waals surface area (Å²) in [6.07, 6.45) is 8.50. The summed E-state index contributed by atoms with van der Waals surface area (Å²) >= 11 is 0. The summed E-state index contributed by atoms with van der Waals surface area (Å²) in [4.78, 5) is 0. The minimum absolute atomic E-state index is 0.886. The first-order chi connectivity index (χ1) is 4.93. The molecule has 1 atom stereocenters. The van der Waals surface area contributed by atoms with Crippen molar-refractivity contribution in [1.29, 1.82) is 0 Å². The maximum Gasteiger partial charge on any atom is 0.00791 e. The van der Waals surface area contributed by atoms with Crippen LogP contribution in [0.15, 0.2) is 0 Å². The highest BCUT2D eigenvalue weighted by atomic mass is 15.0. The molecular formula is C9H19N. The standard InChI is InChI=1S/C9H19N/c1-2-3-4-5-6-9-7-8-10-9/h9-10H,2-8H2,1H3. The molecule has 1 aliphatic rings. The SMILES string of the molecule is CCCCCCC1CCN1. The lowest BCUT2D eigenvalue weighted by Crippen LogP contribution is -2.42. The zero-order valence-corrected chi connectivity index (χ0v) is 7.03. The molecule has 1 nitrogen and oxygen atoms in total. The van der Waals surface area contributed by atoms with E-state index in [1.54, 1.807) is 0 Å². The van der Waals surface area contributed by atoms with Crippen LogP contribution in [0.4, 0.5) is 0 Å². The van der Waals surface area contributed by atoms with Gasteiger partial charge in [0.05, 0.1) is 0 Å². The van der Waals surface area contributed by atoms with Gasteiger partial charge in [0.15, 0.2) is 0 Å². The van der Waals surface area contributed by atoms with Crippen molar-refractivity contribution in [1.82, 2.24) is 5.32 Å². The second-order valence-electron chi connectivity index (χ2n) is 3.29. The van der Waals surface area contributed by atoms with Crippen LogP contribution in [0.3, 0.4) is 0 Å². The van der Waals surface area contributed by atoms with Gasteiger partial charge in [0.2, 0.25) is 0 Å². The Hall–Kier alpha value is -0.0400. The van der Waals surface area contributed by atoms with Crippen LogP contribution in [0.5, 0.6) is 0 Å². The van der Waals surface area contributed by atoms with E-state index in [9.17, 15) is 0 Å². The van der Waals surface area contributed by atoms with Crippen molar-refractivity contribution < 1.29 is 0 Å². The Morgan fingerprint density at radius 1 is 1.30 bits per heavy atom. The van der Waals surface area contributed by atoms with Crippen molar-refractivity contribution in [2.45, 2.75) is 51.5 Å². The van der Waals surface area contributed by atoms with Crippen LogP contribution in [-0.2, 0) is 0 Å². The van der Waals surface area contributed by atoms with Gasteiger partial charge in [-0.25, -0.2) is 0 Å². The van der Waals surface area contributed by atoms with Gasteiger partial charge in [0.1, 0.15) is 0 Å². The minimum atomic E-state index is 0.886. The number of rotatable bonds is 5. The van der Waals surface area contributed by atoms with Gasteiger partial charge in [-0.1, -0.05) is 32.6 Å². The third-order valence-corrected chi connectivity index (χ3v) is 2.33. The number of nitrogens with one attached hydrogen (secondary N) is 1. The average molecular weight is 141 g/mol. The van der Waals surface area contributed by atoms with Crippen LogP contribution < -0.4 is 5.32 Å². The van der Waals surface area contributed by atoms with E-state index < -0.39 is 0 Å². The predicted molar refractivity (Wildman–Crippen MR) is 45.2 cm³/mol. The van der Waals surface area contributed by atoms with E-state index in [4.69, 9.17) is 0 Å². The maximum absolute atomic E-state index is 3.42. The van der Waals surface area contributed by atoms with Crippen LogP contribution >= 0.6 is 0 Å². The number of hydrogen-bond donors (Lipinski definition) is 1. The molecule has 1 aliphatic heterocycles. The van der Waals surface area contributed by atoms with Crippen LogP contribution in [0.1, 0.15) is 45.4 Å². The second-order valence-corrected chi connectivity index (χ2v) is 3.29. The highest BCUT2D eigenvalue weighted by Crippen LogP contribution is 2.11. The molecular weight excluding hydrogens is 122 g/mol. The molecule has 1 unspecified atom stereocenters. The predicted octanol–water partition coefficient (Wildman–Crippen LogP) is 2.32. The molecule has 0 aromatic rings. The first-order valence-electron chi connectivity index (χ1n) is 4.67. The van der Waals surface area contributed by atoms with E-state index in [2.05, 4.69) is 12.2 Å². The molecule has 1 rings (SSSR count). The Kier molecular flexibility index (Phi) is 3.81. The molecule has 10 heavy (non-hydrogen) atoms. The van der Waals surface area contributed by atoms with Crippen LogP contribution in [0.2, 0.25) is 0 Å². The second kappa shape index (κ2) is 4.73. The topological polar surface area (TPSA) is 12.0 Å². The molecule has 0 aromatic carbocycles. The molecule has 0 radical (unpaired) electrons. The molecule has 0 saturated carbocycles. The largest absolute Gasteiger partial charge is 0.314 e. The monoisotopic (exact) mass is 141 g/mol. The van der Waals surface area contributed by atoms with Gasteiger partial charge in [-0.05, 0) is 19.4 Å². The van der Waals surface area contributed by atoms with Crippen molar-refractivity contribution >= 4 is 0 Å². The Balaban J connectivity index is 1.76. The zero-order valence-electron chi connectivity index (χ0n) is 7.03. The van der Waals surface area contributed by atoms with Crippen molar-refractivity contribution in [3.8, 4) is 0 Å². The fourth-order valence-electron chi connectivity index (χ4n) is 1.41. The van der Waals surface area contributed by atoms with Gasteiger partial charge >= 0.3 is 0 Å². The molecule has 0 bridgehead atoms. The van der Waals surface area contributed by atoms with Crippen molar-refractivity contribution in [3.63, 3.8) is 0 Å². The van der Waals surface area contributed by atoms with Gasteiger partial charge in [0, 0.05) is 6.04 Å². The molecule has 0 amide bonds. The highest BCUT2D eigenvalue weighted by molar-refractivity contribution is 4.76. The summed E-state index contributed by atoms with van der Waals surface area (Å²) in [7, 11) is 0. The zero-order chi connectivity index (χ0) is 7.23. The minimum Gasteiger partial charge on any atom is -0.314 e. The molecule has 1 saturated heterocycles. The Labute approximate surface area is 64.2 Å². The average Bonchev–Trinajstić information content (AvgIpc) is 1.84. The lowest BCUT2D eigenvalue weighted by atomic mass is 10.00. The summed E-state index contributed by atoms with van der Waals surface area (Å²) in [6, 6.07) is 0.886. The lowest BCUT2D eigenvalue weighted by molar-refractivity contribution is 0.340. The van der Waals surface area contributed by atoms with Crippen molar-refractivity contribution in [2.75, 3.05) is 6.54 Å². The molecule has 0 spiro atoms. The van der Waals surface area contributed by atoms with E-state index in [1.807, 2.05) is 0 Å². The summed E-state index contributed by atoms with van der Waals surface area (Å²) < 4.78 is 0.